The van der Waals surface area contributed by atoms with Gasteiger partial charge in [-0.2, -0.15) is 0 Å². The zero-order valence-corrected chi connectivity index (χ0v) is 9.71. The number of rotatable bonds is 6. The second-order valence-electron chi connectivity index (χ2n) is 4.18. The van der Waals surface area contributed by atoms with E-state index in [1.807, 2.05) is 0 Å². The van der Waals surface area contributed by atoms with Crippen LogP contribution in [-0.4, -0.2) is 53.1 Å². The fourth-order valence-electron chi connectivity index (χ4n) is 1.72. The van der Waals surface area contributed by atoms with Gasteiger partial charge in [0.15, 0.2) is 6.29 Å². The zero-order valence-electron chi connectivity index (χ0n) is 9.71. The maximum absolute atomic E-state index is 9.63. The van der Waals surface area contributed by atoms with Crippen LogP contribution >= 0.6 is 0 Å². The van der Waals surface area contributed by atoms with E-state index in [-0.39, 0.29) is 13.0 Å². The van der Waals surface area contributed by atoms with E-state index in [1.165, 1.54) is 0 Å². The lowest BCUT2D eigenvalue weighted by Gasteiger charge is -2.36. The van der Waals surface area contributed by atoms with Crippen LogP contribution in [0.25, 0.3) is 0 Å². The molecule has 1 aliphatic heterocycles. The third-order valence-corrected chi connectivity index (χ3v) is 2.74. The second kappa shape index (κ2) is 7.19. The minimum Gasteiger partial charge on any atom is -0.394 e. The smallest absolute Gasteiger partial charge is 0.186 e. The van der Waals surface area contributed by atoms with E-state index < -0.39 is 24.6 Å². The van der Waals surface area contributed by atoms with E-state index in [2.05, 4.69) is 6.92 Å². The Kier molecular flexibility index (Phi) is 6.23. The summed E-state index contributed by atoms with van der Waals surface area (Å²) in [6, 6.07) is 0. The van der Waals surface area contributed by atoms with E-state index in [0.717, 1.165) is 19.3 Å². The minimum absolute atomic E-state index is 0.168. The molecule has 0 saturated carbocycles. The average molecular weight is 234 g/mol. The highest BCUT2D eigenvalue weighted by Gasteiger charge is 2.36. The van der Waals surface area contributed by atoms with Crippen LogP contribution in [0.15, 0.2) is 0 Å². The van der Waals surface area contributed by atoms with Gasteiger partial charge >= 0.3 is 0 Å². The van der Waals surface area contributed by atoms with Crippen molar-refractivity contribution in [3.05, 3.63) is 0 Å². The van der Waals surface area contributed by atoms with Crippen molar-refractivity contribution in [1.82, 2.24) is 0 Å². The van der Waals surface area contributed by atoms with Crippen LogP contribution in [0.1, 0.15) is 32.6 Å². The molecule has 3 unspecified atom stereocenters. The van der Waals surface area contributed by atoms with Crippen molar-refractivity contribution < 1.29 is 24.8 Å². The lowest BCUT2D eigenvalue weighted by Crippen LogP contribution is -2.50. The van der Waals surface area contributed by atoms with Crippen molar-refractivity contribution in [2.45, 2.75) is 57.2 Å². The molecule has 16 heavy (non-hydrogen) atoms. The Morgan fingerprint density at radius 2 is 2.06 bits per heavy atom. The molecule has 1 rings (SSSR count). The Hall–Kier alpha value is -0.200. The number of hydrogen-bond donors (Lipinski definition) is 3. The van der Waals surface area contributed by atoms with Gasteiger partial charge in [0.05, 0.1) is 18.8 Å². The van der Waals surface area contributed by atoms with Crippen molar-refractivity contribution in [2.75, 3.05) is 13.2 Å². The summed E-state index contributed by atoms with van der Waals surface area (Å²) in [6.07, 6.45) is 0.127. The molecule has 4 atom stereocenters. The Bertz CT molecular complexity index is 187. The molecule has 0 spiro atoms. The van der Waals surface area contributed by atoms with Crippen LogP contribution in [-0.2, 0) is 9.47 Å². The van der Waals surface area contributed by atoms with Gasteiger partial charge in [0.25, 0.3) is 0 Å². The molecule has 1 aliphatic rings. The Morgan fingerprint density at radius 1 is 1.31 bits per heavy atom. The van der Waals surface area contributed by atoms with Gasteiger partial charge in [-0.15, -0.1) is 0 Å². The summed E-state index contributed by atoms with van der Waals surface area (Å²) in [5.74, 6) is 0. The Morgan fingerprint density at radius 3 is 2.69 bits per heavy atom. The third-order valence-electron chi connectivity index (χ3n) is 2.74. The number of ether oxygens (including phenoxy) is 2. The van der Waals surface area contributed by atoms with Crippen molar-refractivity contribution >= 4 is 0 Å². The summed E-state index contributed by atoms with van der Waals surface area (Å²) in [6.45, 7) is 2.43. The lowest BCUT2D eigenvalue weighted by molar-refractivity contribution is -0.271. The summed E-state index contributed by atoms with van der Waals surface area (Å²) < 4.78 is 10.7. The zero-order chi connectivity index (χ0) is 12.0. The quantitative estimate of drug-likeness (QED) is 0.565. The van der Waals surface area contributed by atoms with Crippen molar-refractivity contribution in [3.8, 4) is 0 Å². The van der Waals surface area contributed by atoms with E-state index in [0.29, 0.717) is 6.61 Å². The van der Waals surface area contributed by atoms with Crippen LogP contribution in [0.3, 0.4) is 0 Å². The van der Waals surface area contributed by atoms with Gasteiger partial charge < -0.3 is 24.8 Å². The first-order chi connectivity index (χ1) is 7.69. The van der Waals surface area contributed by atoms with Gasteiger partial charge in [-0.05, 0) is 6.42 Å². The molecule has 1 heterocycles. The molecule has 0 bridgehead atoms. The molecule has 1 saturated heterocycles. The van der Waals surface area contributed by atoms with E-state index in [9.17, 15) is 10.2 Å². The second-order valence-corrected chi connectivity index (χ2v) is 4.18. The summed E-state index contributed by atoms with van der Waals surface area (Å²) in [5, 5.41) is 28.1. The van der Waals surface area contributed by atoms with Gasteiger partial charge in [-0.1, -0.05) is 19.8 Å². The minimum atomic E-state index is -1.02. The number of hydrogen-bond acceptors (Lipinski definition) is 5. The molecule has 0 radical (unpaired) electrons. The van der Waals surface area contributed by atoms with Crippen molar-refractivity contribution in [3.63, 3.8) is 0 Å². The molecule has 0 aliphatic carbocycles. The van der Waals surface area contributed by atoms with E-state index >= 15 is 0 Å². The third kappa shape index (κ3) is 3.99. The van der Waals surface area contributed by atoms with Gasteiger partial charge in [0, 0.05) is 13.0 Å². The van der Waals surface area contributed by atoms with Crippen LogP contribution < -0.4 is 0 Å². The summed E-state index contributed by atoms with van der Waals surface area (Å²) in [5.41, 5.74) is 0. The molecule has 1 fully saturated rings. The first-order valence-corrected chi connectivity index (χ1v) is 5.93. The molecule has 0 amide bonds. The first kappa shape index (κ1) is 13.9. The van der Waals surface area contributed by atoms with E-state index in [4.69, 9.17) is 14.6 Å². The molecule has 0 aromatic heterocycles. The van der Waals surface area contributed by atoms with Gasteiger partial charge in [0.2, 0.25) is 0 Å². The molecular formula is C11H22O5. The fraction of sp³-hybridized carbons (Fsp3) is 1.00. The maximum atomic E-state index is 9.63. The number of unbranched alkanes of at least 4 members (excludes halogenated alkanes) is 2. The Balaban J connectivity index is 2.31. The molecule has 3 N–H and O–H groups in total. The fourth-order valence-corrected chi connectivity index (χ4v) is 1.72. The monoisotopic (exact) mass is 234 g/mol. The predicted molar refractivity (Wildman–Crippen MR) is 57.9 cm³/mol. The van der Waals surface area contributed by atoms with Gasteiger partial charge in [-0.3, -0.25) is 0 Å². The van der Waals surface area contributed by atoms with Gasteiger partial charge in [0.1, 0.15) is 6.10 Å². The summed E-state index contributed by atoms with van der Waals surface area (Å²) in [4.78, 5) is 0. The SMILES string of the molecule is CCCCCO[C@H]1OC(CO)CC(O)C1O. The highest BCUT2D eigenvalue weighted by molar-refractivity contribution is 4.80. The molecule has 0 aromatic carbocycles. The molecule has 96 valence electrons. The Labute approximate surface area is 96.0 Å². The van der Waals surface area contributed by atoms with Gasteiger partial charge in [-0.25, -0.2) is 0 Å². The first-order valence-electron chi connectivity index (χ1n) is 5.93. The average Bonchev–Trinajstić information content (AvgIpc) is 2.29. The molecule has 5 nitrogen and oxygen atoms in total. The van der Waals surface area contributed by atoms with Crippen LogP contribution in [0.5, 0.6) is 0 Å². The lowest BCUT2D eigenvalue weighted by atomic mass is 10.0. The topological polar surface area (TPSA) is 79.2 Å². The standard InChI is InChI=1S/C11H22O5/c1-2-3-4-5-15-11-10(14)9(13)6-8(7-12)16-11/h8-14H,2-7H2,1H3/t8?,9?,10?,11-/m0/s1. The maximum Gasteiger partial charge on any atom is 0.186 e. The highest BCUT2D eigenvalue weighted by atomic mass is 16.7. The van der Waals surface area contributed by atoms with Crippen LogP contribution in [0.4, 0.5) is 0 Å². The molecular weight excluding hydrogens is 212 g/mol. The number of aliphatic hydroxyl groups is 3. The molecule has 5 heteroatoms. The largest absolute Gasteiger partial charge is 0.394 e. The summed E-state index contributed by atoms with van der Waals surface area (Å²) >= 11 is 0. The van der Waals surface area contributed by atoms with E-state index in [1.54, 1.807) is 0 Å². The summed E-state index contributed by atoms with van der Waals surface area (Å²) in [7, 11) is 0. The van der Waals surface area contributed by atoms with Crippen LogP contribution in [0.2, 0.25) is 0 Å². The number of aliphatic hydroxyl groups excluding tert-OH is 3. The normalized spacial score (nSPS) is 35.2. The highest BCUT2D eigenvalue weighted by Crippen LogP contribution is 2.21. The molecule has 0 aromatic rings. The van der Waals surface area contributed by atoms with Crippen molar-refractivity contribution in [1.29, 1.82) is 0 Å². The van der Waals surface area contributed by atoms with Crippen LogP contribution in [0, 0.1) is 0 Å². The predicted octanol–water partition coefficient (Wildman–Crippen LogP) is 0.0223. The van der Waals surface area contributed by atoms with Crippen molar-refractivity contribution in [2.24, 2.45) is 0 Å².